The predicted octanol–water partition coefficient (Wildman–Crippen LogP) is 7.95. The number of hydrogen-bond acceptors (Lipinski definition) is 6. The number of nitrogens with zero attached hydrogens (tertiary/aromatic N) is 4. The number of halogens is 2. The van der Waals surface area contributed by atoms with Crippen molar-refractivity contribution in [1.82, 2.24) is 25.1 Å². The fraction of sp³-hybridized carbons (Fsp3) is 0.289. The molecule has 7 rings (SSSR count). The Morgan fingerprint density at radius 2 is 1.58 bits per heavy atom. The lowest BCUT2D eigenvalue weighted by Gasteiger charge is -2.46. The number of nitrogens with one attached hydrogen (secondary N) is 1. The van der Waals surface area contributed by atoms with Crippen molar-refractivity contribution >= 4 is 57.8 Å². The van der Waals surface area contributed by atoms with Crippen LogP contribution in [0.4, 0.5) is 4.79 Å². The van der Waals surface area contributed by atoms with Crippen LogP contribution in [0, 0.1) is 0 Å². The van der Waals surface area contributed by atoms with Crippen LogP contribution in [0.2, 0.25) is 10.0 Å². The maximum atomic E-state index is 14.5. The molecule has 294 valence electrons. The van der Waals surface area contributed by atoms with Gasteiger partial charge in [-0.25, -0.2) is 4.79 Å². The normalized spacial score (nSPS) is 17.4. The highest BCUT2D eigenvalue weighted by Crippen LogP contribution is 2.32. The van der Waals surface area contributed by atoms with Crippen molar-refractivity contribution in [3.05, 3.63) is 153 Å². The van der Waals surface area contributed by atoms with Crippen LogP contribution in [0.25, 0.3) is 10.8 Å². The molecule has 0 radical (unpaired) electrons. The molecule has 2 heterocycles. The minimum absolute atomic E-state index is 0.0358. The molecular formula is C45H45Cl2N5O5. The number of fused-ring (bicyclic) bond motifs is 2. The first-order valence-corrected chi connectivity index (χ1v) is 19.9. The molecule has 2 aliphatic rings. The summed E-state index contributed by atoms with van der Waals surface area (Å²) in [5.41, 5.74) is 4.58. The molecule has 3 atom stereocenters. The number of hydrazine groups is 1. The Morgan fingerprint density at radius 1 is 0.860 bits per heavy atom. The summed E-state index contributed by atoms with van der Waals surface area (Å²) in [6, 6.07) is 35.6. The van der Waals surface area contributed by atoms with Crippen LogP contribution in [0.3, 0.4) is 0 Å². The topological polar surface area (TPSA) is 102 Å². The summed E-state index contributed by atoms with van der Waals surface area (Å²) >= 11 is 12.3. The summed E-state index contributed by atoms with van der Waals surface area (Å²) in [4.78, 5) is 58.2. The van der Waals surface area contributed by atoms with E-state index in [1.807, 2.05) is 109 Å². The molecule has 10 nitrogen and oxygen atoms in total. The summed E-state index contributed by atoms with van der Waals surface area (Å²) < 4.78 is 5.57. The first-order valence-electron chi connectivity index (χ1n) is 19.2. The third-order valence-corrected chi connectivity index (χ3v) is 11.7. The Morgan fingerprint density at radius 3 is 2.33 bits per heavy atom. The van der Waals surface area contributed by atoms with Gasteiger partial charge in [0.2, 0.25) is 11.8 Å². The number of benzene rings is 5. The Kier molecular flexibility index (Phi) is 12.4. The molecule has 1 N–H and O–H groups in total. The molecule has 12 heteroatoms. The number of esters is 1. The zero-order chi connectivity index (χ0) is 40.1. The summed E-state index contributed by atoms with van der Waals surface area (Å²) in [6.07, 6.45) is 0.700. The number of carbonyl (C=O) groups excluding carboxylic acids is 4. The summed E-state index contributed by atoms with van der Waals surface area (Å²) in [5.74, 6) is -0.682. The molecule has 0 spiro atoms. The molecule has 5 aromatic rings. The van der Waals surface area contributed by atoms with Crippen molar-refractivity contribution in [1.29, 1.82) is 0 Å². The van der Waals surface area contributed by atoms with E-state index >= 15 is 0 Å². The minimum atomic E-state index is -0.801. The SMILES string of the molecule is CCC(CC(=O)OCc1ccccc1)c1ccc(C[C@H]2C(=O)N(Cc3cccc4ccccc34)C[C@H]3N2C(=O)CN3N(C)C(=O)NCc2ccc(Cl)c(Cl)c2)cc1. The van der Waals surface area contributed by atoms with Crippen molar-refractivity contribution in [2.75, 3.05) is 20.1 Å². The molecule has 2 fully saturated rings. The number of ether oxygens (including phenoxy) is 1. The van der Waals surface area contributed by atoms with E-state index in [4.69, 9.17) is 27.9 Å². The van der Waals surface area contributed by atoms with Crippen molar-refractivity contribution < 1.29 is 23.9 Å². The second-order valence-electron chi connectivity index (χ2n) is 14.6. The highest BCUT2D eigenvalue weighted by molar-refractivity contribution is 6.42. The van der Waals surface area contributed by atoms with Crippen LogP contribution in [-0.4, -0.2) is 76.0 Å². The number of carbonyl (C=O) groups is 4. The molecular weight excluding hydrogens is 761 g/mol. The largest absolute Gasteiger partial charge is 0.461 e. The third-order valence-electron chi connectivity index (χ3n) is 10.9. The van der Waals surface area contributed by atoms with Gasteiger partial charge in [-0.05, 0) is 63.1 Å². The van der Waals surface area contributed by atoms with Gasteiger partial charge in [-0.3, -0.25) is 19.4 Å². The number of amides is 4. The van der Waals surface area contributed by atoms with Crippen LogP contribution < -0.4 is 5.32 Å². The fourth-order valence-electron chi connectivity index (χ4n) is 7.79. The first kappa shape index (κ1) is 39.8. The molecule has 1 unspecified atom stereocenters. The van der Waals surface area contributed by atoms with E-state index in [0.29, 0.717) is 16.6 Å². The van der Waals surface area contributed by atoms with Gasteiger partial charge in [-0.2, -0.15) is 5.01 Å². The second-order valence-corrected chi connectivity index (χ2v) is 15.4. The number of urea groups is 1. The van der Waals surface area contributed by atoms with Gasteiger partial charge in [0.15, 0.2) is 0 Å². The Balaban J connectivity index is 1.10. The molecule has 2 saturated heterocycles. The van der Waals surface area contributed by atoms with Gasteiger partial charge < -0.3 is 19.9 Å². The average molecular weight is 807 g/mol. The maximum Gasteiger partial charge on any atom is 0.332 e. The molecule has 0 aliphatic carbocycles. The monoisotopic (exact) mass is 805 g/mol. The van der Waals surface area contributed by atoms with Gasteiger partial charge in [-0.1, -0.05) is 133 Å². The van der Waals surface area contributed by atoms with E-state index < -0.39 is 18.2 Å². The molecule has 0 bridgehead atoms. The predicted molar refractivity (Wildman–Crippen MR) is 221 cm³/mol. The van der Waals surface area contributed by atoms with Gasteiger partial charge in [0.25, 0.3) is 0 Å². The molecule has 57 heavy (non-hydrogen) atoms. The number of piperazine rings is 1. The zero-order valence-corrected chi connectivity index (χ0v) is 33.5. The van der Waals surface area contributed by atoms with Crippen LogP contribution in [0.1, 0.15) is 53.5 Å². The minimum Gasteiger partial charge on any atom is -0.461 e. The van der Waals surface area contributed by atoms with Crippen molar-refractivity contribution in [2.24, 2.45) is 0 Å². The van der Waals surface area contributed by atoms with E-state index in [1.165, 1.54) is 5.01 Å². The van der Waals surface area contributed by atoms with Gasteiger partial charge in [0.05, 0.1) is 29.6 Å². The summed E-state index contributed by atoms with van der Waals surface area (Å²) in [6.45, 7) is 2.97. The zero-order valence-electron chi connectivity index (χ0n) is 31.9. The number of hydrogen-bond donors (Lipinski definition) is 1. The number of rotatable bonds is 13. The van der Waals surface area contributed by atoms with Crippen LogP contribution >= 0.6 is 23.2 Å². The first-order chi connectivity index (χ1) is 27.6. The van der Waals surface area contributed by atoms with E-state index in [9.17, 15) is 19.2 Å². The Labute approximate surface area is 342 Å². The lowest BCUT2D eigenvalue weighted by Crippen LogP contribution is -2.65. The lowest BCUT2D eigenvalue weighted by molar-refractivity contribution is -0.157. The van der Waals surface area contributed by atoms with Crippen molar-refractivity contribution in [3.63, 3.8) is 0 Å². The fourth-order valence-corrected chi connectivity index (χ4v) is 8.11. The van der Waals surface area contributed by atoms with E-state index in [2.05, 4.69) is 5.32 Å². The van der Waals surface area contributed by atoms with Crippen LogP contribution in [0.5, 0.6) is 0 Å². The van der Waals surface area contributed by atoms with Crippen LogP contribution in [-0.2, 0) is 45.2 Å². The van der Waals surface area contributed by atoms with E-state index in [1.54, 1.807) is 35.2 Å². The maximum absolute atomic E-state index is 14.5. The van der Waals surface area contributed by atoms with E-state index in [-0.39, 0.29) is 62.8 Å². The smallest absolute Gasteiger partial charge is 0.332 e. The van der Waals surface area contributed by atoms with Gasteiger partial charge in [-0.15, -0.1) is 0 Å². The Bertz CT molecular complexity index is 2250. The van der Waals surface area contributed by atoms with Gasteiger partial charge in [0, 0.05) is 26.6 Å². The quantitative estimate of drug-likeness (QED) is 0.121. The summed E-state index contributed by atoms with van der Waals surface area (Å²) in [5, 5.41) is 9.00. The van der Waals surface area contributed by atoms with Gasteiger partial charge >= 0.3 is 12.0 Å². The Hall–Kier alpha value is -5.42. The molecule has 4 amide bonds. The van der Waals surface area contributed by atoms with Crippen molar-refractivity contribution in [3.8, 4) is 0 Å². The molecule has 5 aromatic carbocycles. The highest BCUT2D eigenvalue weighted by Gasteiger charge is 2.51. The molecule has 2 aliphatic heterocycles. The van der Waals surface area contributed by atoms with Crippen molar-refractivity contribution in [2.45, 2.75) is 64.0 Å². The standard InChI is InChI=1S/C45H45Cl2N5O5/c1-3-33(24-43(54)57-29-31-10-5-4-6-11-31)34-19-16-30(17-20-34)23-40-44(55)50(26-36-14-9-13-35-12-7-8-15-37(35)36)27-41-51(28-42(53)52(40)41)49(2)45(56)48-25-32-18-21-38(46)39(47)22-32/h4-22,33,40-41H,3,23-29H2,1-2H3,(H,48,56)/t33?,40-,41+/m0/s1. The molecule has 0 saturated carbocycles. The van der Waals surface area contributed by atoms with Gasteiger partial charge in [0.1, 0.15) is 18.8 Å². The molecule has 0 aromatic heterocycles. The highest BCUT2D eigenvalue weighted by atomic mass is 35.5. The van der Waals surface area contributed by atoms with E-state index in [0.717, 1.165) is 45.0 Å². The summed E-state index contributed by atoms with van der Waals surface area (Å²) in [7, 11) is 1.63. The average Bonchev–Trinajstić information content (AvgIpc) is 3.56. The second kappa shape index (κ2) is 17.8. The third kappa shape index (κ3) is 9.09. The lowest BCUT2D eigenvalue weighted by atomic mass is 9.91. The van der Waals surface area contributed by atoms with Crippen LogP contribution in [0.15, 0.2) is 115 Å².